The van der Waals surface area contributed by atoms with Crippen molar-refractivity contribution in [2.24, 2.45) is 11.8 Å². The van der Waals surface area contributed by atoms with E-state index < -0.39 is 123 Å². The Morgan fingerprint density at radius 2 is 0.964 bits per heavy atom. The molecule has 340 valence electrons. The molecule has 0 aliphatic heterocycles. The number of rotatable bonds is 22. The Balaban J connectivity index is -0.000000937. The van der Waals surface area contributed by atoms with Crippen LogP contribution < -0.4 is 9.44 Å². The van der Waals surface area contributed by atoms with Crippen LogP contribution in [0.4, 0.5) is 61.5 Å². The van der Waals surface area contributed by atoms with Crippen molar-refractivity contribution in [2.75, 3.05) is 65.9 Å². The summed E-state index contributed by atoms with van der Waals surface area (Å²) >= 11 is 0. The van der Waals surface area contributed by atoms with E-state index in [1.54, 1.807) is 20.2 Å². The molecule has 0 amide bonds. The lowest BCUT2D eigenvalue weighted by molar-refractivity contribution is -0.840. The van der Waals surface area contributed by atoms with Gasteiger partial charge >= 0.3 is 24.7 Å². The molecule has 0 aromatic heterocycles. The average Bonchev–Trinajstić information content (AvgIpc) is 2.94. The minimum Gasteiger partial charge on any atom is -0.633 e. The van der Waals surface area contributed by atoms with Gasteiger partial charge in [-0.1, -0.05) is 6.08 Å². The number of hydroxylamine groups is 3. The van der Waals surface area contributed by atoms with E-state index in [0.29, 0.717) is 13.0 Å². The van der Waals surface area contributed by atoms with Crippen LogP contribution in [0.3, 0.4) is 0 Å². The van der Waals surface area contributed by atoms with E-state index in [2.05, 4.69) is 16.0 Å². The van der Waals surface area contributed by atoms with E-state index in [1.807, 2.05) is 11.8 Å². The summed E-state index contributed by atoms with van der Waals surface area (Å²) in [6.45, 7) is 6.05. The summed E-state index contributed by atoms with van der Waals surface area (Å²) in [5.41, 5.74) is -8.04. The highest BCUT2D eigenvalue weighted by Crippen LogP contribution is 2.45. The molecule has 0 aliphatic carbocycles. The Labute approximate surface area is 320 Å². The van der Waals surface area contributed by atoms with Crippen LogP contribution >= 0.6 is 0 Å². The van der Waals surface area contributed by atoms with Crippen molar-refractivity contribution >= 4 is 20.0 Å². The Kier molecular flexibility index (Phi) is 25.1. The first-order valence-electron chi connectivity index (χ1n) is 17.0. The minimum absolute atomic E-state index is 0.0278. The van der Waals surface area contributed by atoms with Gasteiger partial charge in [-0.3, -0.25) is 0 Å². The molecule has 9 nitrogen and oxygen atoms in total. The van der Waals surface area contributed by atoms with Crippen LogP contribution in [0.25, 0.3) is 0 Å². The maximum atomic E-state index is 13.6. The summed E-state index contributed by atoms with van der Waals surface area (Å²) in [7, 11) is -1.53. The highest BCUT2D eigenvalue weighted by atomic mass is 32.2. The van der Waals surface area contributed by atoms with E-state index in [0.717, 1.165) is 0 Å². The molecule has 0 bridgehead atoms. The van der Waals surface area contributed by atoms with Crippen molar-refractivity contribution in [1.29, 1.82) is 0 Å². The van der Waals surface area contributed by atoms with Crippen LogP contribution in [0.2, 0.25) is 0 Å². The largest absolute Gasteiger partial charge is 0.633 e. The second kappa shape index (κ2) is 23.9. The van der Waals surface area contributed by atoms with Gasteiger partial charge in [0.25, 0.3) is 0 Å². The molecule has 0 radical (unpaired) electrons. The van der Waals surface area contributed by atoms with Gasteiger partial charge in [0.1, 0.15) is 0 Å². The zero-order valence-electron chi connectivity index (χ0n) is 32.4. The van der Waals surface area contributed by atoms with Gasteiger partial charge in [0.05, 0.1) is 44.0 Å². The van der Waals surface area contributed by atoms with Crippen molar-refractivity contribution in [1.82, 2.24) is 14.3 Å². The lowest BCUT2D eigenvalue weighted by Gasteiger charge is -2.33. The standard InChI is InChI=1S/C14H25F7N2O3S.C14H25F7N2O2S.C3H6/c1-12(15,14(19,20)21)10-11(13(16,17)18)6-4-9-27(25,26)22-7-5-8-23(2,3)24;1-12(15,14(19,20)21)10-11(13(16,17)18)6-4-9-26(24,25)22-7-5-8-23(2)3;1-3-2/h11,22H,4-10H2,1-3H3;11,22H,4-10H2,1-3H3;3H,1H2,2H3. The van der Waals surface area contributed by atoms with Crippen molar-refractivity contribution in [3.8, 4) is 0 Å². The molecule has 0 spiro atoms. The molecule has 0 saturated heterocycles. The molecular weight excluding hydrogens is 838 g/mol. The lowest BCUT2D eigenvalue weighted by atomic mass is 9.89. The first-order chi connectivity index (χ1) is 24.7. The van der Waals surface area contributed by atoms with Gasteiger partial charge in [-0.2, -0.15) is 52.7 Å². The van der Waals surface area contributed by atoms with Crippen LogP contribution in [0.1, 0.15) is 72.1 Å². The zero-order chi connectivity index (χ0) is 45.3. The van der Waals surface area contributed by atoms with Crippen molar-refractivity contribution < 1.29 is 82.9 Å². The number of allylic oxidation sites excluding steroid dienone is 1. The predicted octanol–water partition coefficient (Wildman–Crippen LogP) is 8.20. The molecule has 2 N–H and O–H groups in total. The van der Waals surface area contributed by atoms with Crippen LogP contribution in [0.15, 0.2) is 12.7 Å². The van der Waals surface area contributed by atoms with E-state index in [9.17, 15) is 83.5 Å². The maximum Gasteiger partial charge on any atom is 0.422 e. The molecule has 4 atom stereocenters. The molecule has 0 heterocycles. The van der Waals surface area contributed by atoms with E-state index in [-0.39, 0.29) is 39.9 Å². The van der Waals surface area contributed by atoms with Crippen molar-refractivity contribution in [3.63, 3.8) is 0 Å². The monoisotopic (exact) mass is 894 g/mol. The first kappa shape index (κ1) is 58.8. The number of hydrogen-bond acceptors (Lipinski definition) is 6. The second-order valence-corrected chi connectivity index (χ2v) is 18.1. The van der Waals surface area contributed by atoms with Gasteiger partial charge in [-0.05, 0) is 73.5 Å². The smallest absolute Gasteiger partial charge is 0.422 e. The van der Waals surface area contributed by atoms with Crippen LogP contribution in [0, 0.1) is 17.0 Å². The number of quaternary nitrogens is 1. The number of nitrogens with zero attached hydrogens (tertiary/aromatic N) is 2. The lowest BCUT2D eigenvalue weighted by Crippen LogP contribution is -2.42. The Hall–Kier alpha value is -1.54. The maximum absolute atomic E-state index is 13.6. The minimum atomic E-state index is -5.46. The van der Waals surface area contributed by atoms with Gasteiger partial charge in [0.2, 0.25) is 31.4 Å². The fourth-order valence-electron chi connectivity index (χ4n) is 4.41. The van der Waals surface area contributed by atoms with E-state index in [1.165, 1.54) is 14.1 Å². The zero-order valence-corrected chi connectivity index (χ0v) is 34.0. The summed E-state index contributed by atoms with van der Waals surface area (Å²) in [5, 5.41) is 11.3. The fourth-order valence-corrected chi connectivity index (χ4v) is 6.71. The fraction of sp³-hybridized carbons (Fsp3) is 0.935. The molecule has 56 heavy (non-hydrogen) atoms. The van der Waals surface area contributed by atoms with E-state index in [4.69, 9.17) is 0 Å². The van der Waals surface area contributed by atoms with Gasteiger partial charge in [-0.25, -0.2) is 35.1 Å². The summed E-state index contributed by atoms with van der Waals surface area (Å²) in [6, 6.07) is 0. The molecular formula is C31H56F14N4O5S2. The molecule has 4 unspecified atom stereocenters. The average molecular weight is 895 g/mol. The third kappa shape index (κ3) is 28.8. The molecule has 0 aliphatic rings. The third-order valence-corrected chi connectivity index (χ3v) is 10.5. The number of hydrogen-bond donors (Lipinski definition) is 2. The highest BCUT2D eigenvalue weighted by molar-refractivity contribution is 7.89. The molecule has 0 aromatic rings. The summed E-state index contributed by atoms with van der Waals surface area (Å²) in [6.07, 6.45) is -25.2. The third-order valence-electron chi connectivity index (χ3n) is 7.60. The Bertz CT molecular complexity index is 1310. The highest BCUT2D eigenvalue weighted by Gasteiger charge is 2.57. The topological polar surface area (TPSA) is 119 Å². The quantitative estimate of drug-likeness (QED) is 0.0372. The summed E-state index contributed by atoms with van der Waals surface area (Å²) in [5.74, 6) is -6.62. The van der Waals surface area contributed by atoms with Gasteiger partial charge in [0.15, 0.2) is 0 Å². The van der Waals surface area contributed by atoms with E-state index >= 15 is 0 Å². The number of alkyl halides is 14. The summed E-state index contributed by atoms with van der Waals surface area (Å²) < 4.78 is 230. The molecule has 0 fully saturated rings. The number of nitrogens with one attached hydrogen (secondary N) is 2. The molecule has 0 saturated carbocycles. The number of halogens is 14. The molecule has 25 heteroatoms. The van der Waals surface area contributed by atoms with Gasteiger partial charge in [0, 0.05) is 32.4 Å². The second-order valence-electron chi connectivity index (χ2n) is 14.2. The van der Waals surface area contributed by atoms with Gasteiger partial charge < -0.3 is 14.8 Å². The van der Waals surface area contributed by atoms with Crippen LogP contribution in [-0.2, 0) is 20.0 Å². The van der Waals surface area contributed by atoms with Crippen molar-refractivity contribution in [2.45, 2.75) is 108 Å². The predicted molar refractivity (Wildman–Crippen MR) is 186 cm³/mol. The van der Waals surface area contributed by atoms with Gasteiger partial charge in [-0.15, -0.1) is 6.58 Å². The van der Waals surface area contributed by atoms with Crippen LogP contribution in [-0.4, -0.2) is 128 Å². The normalized spacial score (nSPS) is 16.8. The Morgan fingerprint density at radius 1 is 0.661 bits per heavy atom. The summed E-state index contributed by atoms with van der Waals surface area (Å²) in [4.78, 5) is 1.82. The van der Waals surface area contributed by atoms with Crippen molar-refractivity contribution in [3.05, 3.63) is 17.9 Å². The molecule has 0 aromatic carbocycles. The SMILES string of the molecule is C=CC.CC(F)(CC(CCCS(=O)(=O)NCCC[N+](C)(C)[O-])C(F)(F)F)C(F)(F)F.CN(C)CCCNS(=O)(=O)CCCC(CC(C)(F)C(F)(F)F)C(F)(F)F. The molecule has 0 rings (SSSR count). The number of sulfonamides is 2. The van der Waals surface area contributed by atoms with Crippen LogP contribution in [0.5, 0.6) is 0 Å². The first-order valence-corrected chi connectivity index (χ1v) is 20.3. The Morgan fingerprint density at radius 3 is 1.21 bits per heavy atom.